The predicted octanol–water partition coefficient (Wildman–Crippen LogP) is 4.01. The van der Waals surface area contributed by atoms with Gasteiger partial charge in [0.1, 0.15) is 5.03 Å². The first kappa shape index (κ1) is 22.6. The van der Waals surface area contributed by atoms with Gasteiger partial charge in [0.15, 0.2) is 0 Å². The number of nitrogens with one attached hydrogen (secondary N) is 1. The fourth-order valence-electron chi connectivity index (χ4n) is 4.37. The Morgan fingerprint density at radius 1 is 1.09 bits per heavy atom. The summed E-state index contributed by atoms with van der Waals surface area (Å²) < 4.78 is 0. The van der Waals surface area contributed by atoms with Crippen LogP contribution in [0.4, 0.5) is 16.2 Å². The molecule has 0 saturated carbocycles. The van der Waals surface area contributed by atoms with E-state index in [0.717, 1.165) is 66.9 Å². The van der Waals surface area contributed by atoms with Crippen LogP contribution in [0.25, 0.3) is 0 Å². The van der Waals surface area contributed by atoms with Crippen LogP contribution in [0, 0.1) is 13.8 Å². The van der Waals surface area contributed by atoms with Crippen LogP contribution in [-0.4, -0.2) is 71.7 Å². The quantitative estimate of drug-likeness (QED) is 0.758. The van der Waals surface area contributed by atoms with Gasteiger partial charge in [0.25, 0.3) is 5.91 Å². The number of hydrogen-bond donors (Lipinski definition) is 1. The van der Waals surface area contributed by atoms with Crippen LogP contribution in [0.15, 0.2) is 35.4 Å². The minimum Gasteiger partial charge on any atom is -0.336 e. The van der Waals surface area contributed by atoms with Gasteiger partial charge in [0.2, 0.25) is 0 Å². The van der Waals surface area contributed by atoms with Crippen molar-refractivity contribution in [1.29, 1.82) is 0 Å². The standard InChI is InChI=1S/C24H31N5O2S/c1-4-8-27-9-11-28(12-10-27)23(30)19-6-5-7-20(16-19)26-24(31)29-13-14-32-22-21(29)17(2)15-18(3)25-22/h5-7,15-16H,4,8-14H2,1-3H3,(H,26,31). The monoisotopic (exact) mass is 453 g/mol. The summed E-state index contributed by atoms with van der Waals surface area (Å²) in [5.74, 6) is 0.825. The first-order valence-corrected chi connectivity index (χ1v) is 12.3. The van der Waals surface area contributed by atoms with Crippen molar-refractivity contribution in [1.82, 2.24) is 14.8 Å². The van der Waals surface area contributed by atoms with Gasteiger partial charge in [0, 0.05) is 55.4 Å². The van der Waals surface area contributed by atoms with Crippen LogP contribution in [0.3, 0.4) is 0 Å². The highest BCUT2D eigenvalue weighted by Crippen LogP contribution is 2.36. The minimum absolute atomic E-state index is 0.0208. The maximum Gasteiger partial charge on any atom is 0.326 e. The highest BCUT2D eigenvalue weighted by molar-refractivity contribution is 7.99. The second-order valence-electron chi connectivity index (χ2n) is 8.38. The molecule has 1 N–H and O–H groups in total. The minimum atomic E-state index is -0.196. The van der Waals surface area contributed by atoms with Crippen molar-refractivity contribution in [2.24, 2.45) is 0 Å². The summed E-state index contributed by atoms with van der Waals surface area (Å²) in [5, 5.41) is 3.89. The van der Waals surface area contributed by atoms with Gasteiger partial charge < -0.3 is 10.2 Å². The Balaban J connectivity index is 1.45. The number of aryl methyl sites for hydroxylation is 2. The molecule has 170 valence electrons. The molecule has 32 heavy (non-hydrogen) atoms. The lowest BCUT2D eigenvalue weighted by molar-refractivity contribution is 0.0637. The van der Waals surface area contributed by atoms with E-state index in [1.165, 1.54) is 0 Å². The fraction of sp³-hybridized carbons (Fsp3) is 0.458. The number of carbonyl (C=O) groups is 2. The third-order valence-electron chi connectivity index (χ3n) is 5.91. The van der Waals surface area contributed by atoms with E-state index in [-0.39, 0.29) is 11.9 Å². The van der Waals surface area contributed by atoms with E-state index in [2.05, 4.69) is 22.1 Å². The Labute approximate surface area is 194 Å². The first-order valence-electron chi connectivity index (χ1n) is 11.3. The molecule has 0 aliphatic carbocycles. The zero-order chi connectivity index (χ0) is 22.7. The Kier molecular flexibility index (Phi) is 7.01. The number of benzene rings is 1. The summed E-state index contributed by atoms with van der Waals surface area (Å²) in [7, 11) is 0. The van der Waals surface area contributed by atoms with E-state index in [4.69, 9.17) is 0 Å². The van der Waals surface area contributed by atoms with E-state index in [1.54, 1.807) is 22.7 Å². The van der Waals surface area contributed by atoms with Crippen molar-refractivity contribution in [2.45, 2.75) is 32.2 Å². The number of rotatable bonds is 4. The number of piperazine rings is 1. The van der Waals surface area contributed by atoms with Gasteiger partial charge >= 0.3 is 6.03 Å². The van der Waals surface area contributed by atoms with Crippen LogP contribution in [0.5, 0.6) is 0 Å². The molecule has 1 aromatic heterocycles. The van der Waals surface area contributed by atoms with E-state index in [9.17, 15) is 9.59 Å². The molecular formula is C24H31N5O2S. The maximum atomic E-state index is 13.1. The normalized spacial score (nSPS) is 16.6. The maximum absolute atomic E-state index is 13.1. The average Bonchev–Trinajstić information content (AvgIpc) is 2.79. The number of pyridine rings is 1. The molecule has 0 bridgehead atoms. The number of anilines is 2. The largest absolute Gasteiger partial charge is 0.336 e. The number of aromatic nitrogens is 1. The van der Waals surface area contributed by atoms with Crippen LogP contribution in [0.1, 0.15) is 35.0 Å². The Morgan fingerprint density at radius 3 is 2.62 bits per heavy atom. The molecule has 0 unspecified atom stereocenters. The molecule has 4 rings (SSSR count). The van der Waals surface area contributed by atoms with Crippen molar-refractivity contribution in [2.75, 3.05) is 55.2 Å². The molecule has 1 saturated heterocycles. The molecule has 2 aromatic rings. The number of amides is 3. The van der Waals surface area contributed by atoms with E-state index in [0.29, 0.717) is 17.8 Å². The van der Waals surface area contributed by atoms with Crippen molar-refractivity contribution in [3.05, 3.63) is 47.2 Å². The van der Waals surface area contributed by atoms with Gasteiger partial charge in [-0.3, -0.25) is 14.6 Å². The van der Waals surface area contributed by atoms with Crippen LogP contribution in [0.2, 0.25) is 0 Å². The summed E-state index contributed by atoms with van der Waals surface area (Å²) >= 11 is 1.68. The predicted molar refractivity (Wildman–Crippen MR) is 130 cm³/mol. The number of thioether (sulfide) groups is 1. The van der Waals surface area contributed by atoms with Gasteiger partial charge in [-0.25, -0.2) is 9.78 Å². The Bertz CT molecular complexity index is 1000. The SMILES string of the molecule is CCCN1CCN(C(=O)c2cccc(NC(=O)N3CCSc4nc(C)cc(C)c43)c2)CC1. The molecule has 0 atom stereocenters. The third-order valence-corrected chi connectivity index (χ3v) is 6.85. The van der Waals surface area contributed by atoms with E-state index < -0.39 is 0 Å². The second-order valence-corrected chi connectivity index (χ2v) is 9.46. The number of carbonyl (C=O) groups excluding carboxylic acids is 2. The lowest BCUT2D eigenvalue weighted by Crippen LogP contribution is -2.48. The summed E-state index contributed by atoms with van der Waals surface area (Å²) in [6, 6.07) is 9.06. The van der Waals surface area contributed by atoms with Gasteiger partial charge in [-0.1, -0.05) is 13.0 Å². The van der Waals surface area contributed by atoms with E-state index >= 15 is 0 Å². The third kappa shape index (κ3) is 4.91. The summed E-state index contributed by atoms with van der Waals surface area (Å²) in [5.41, 5.74) is 4.11. The molecule has 0 radical (unpaired) electrons. The van der Waals surface area contributed by atoms with E-state index in [1.807, 2.05) is 43.0 Å². The summed E-state index contributed by atoms with van der Waals surface area (Å²) in [6.45, 7) is 11.2. The molecule has 7 nitrogen and oxygen atoms in total. The molecule has 3 amide bonds. The highest BCUT2D eigenvalue weighted by Gasteiger charge is 2.27. The molecule has 0 spiro atoms. The molecule has 1 aromatic carbocycles. The summed E-state index contributed by atoms with van der Waals surface area (Å²) in [6.07, 6.45) is 1.13. The van der Waals surface area contributed by atoms with Gasteiger partial charge in [-0.05, 0) is 56.6 Å². The summed E-state index contributed by atoms with van der Waals surface area (Å²) in [4.78, 5) is 36.8. The molecule has 3 heterocycles. The number of nitrogens with zero attached hydrogens (tertiary/aromatic N) is 4. The number of fused-ring (bicyclic) bond motifs is 1. The van der Waals surface area contributed by atoms with Gasteiger partial charge in [-0.2, -0.15) is 0 Å². The van der Waals surface area contributed by atoms with Gasteiger partial charge in [-0.15, -0.1) is 11.8 Å². The lowest BCUT2D eigenvalue weighted by atomic mass is 10.1. The molecule has 2 aliphatic rings. The first-order chi connectivity index (χ1) is 15.5. The van der Waals surface area contributed by atoms with Crippen LogP contribution >= 0.6 is 11.8 Å². The average molecular weight is 454 g/mol. The van der Waals surface area contributed by atoms with Crippen molar-refractivity contribution in [3.8, 4) is 0 Å². The van der Waals surface area contributed by atoms with Crippen LogP contribution in [-0.2, 0) is 0 Å². The Morgan fingerprint density at radius 2 is 1.88 bits per heavy atom. The molecule has 8 heteroatoms. The lowest BCUT2D eigenvalue weighted by Gasteiger charge is -2.34. The zero-order valence-corrected chi connectivity index (χ0v) is 19.9. The number of hydrogen-bond acceptors (Lipinski definition) is 5. The van der Waals surface area contributed by atoms with Crippen molar-refractivity contribution < 1.29 is 9.59 Å². The van der Waals surface area contributed by atoms with Crippen molar-refractivity contribution >= 4 is 35.1 Å². The topological polar surface area (TPSA) is 68.8 Å². The molecular weight excluding hydrogens is 422 g/mol. The smallest absolute Gasteiger partial charge is 0.326 e. The van der Waals surface area contributed by atoms with Gasteiger partial charge in [0.05, 0.1) is 5.69 Å². The second kappa shape index (κ2) is 9.92. The fourth-order valence-corrected chi connectivity index (χ4v) is 5.45. The van der Waals surface area contributed by atoms with Crippen LogP contribution < -0.4 is 10.2 Å². The Hall–Kier alpha value is -2.58. The highest BCUT2D eigenvalue weighted by atomic mass is 32.2. The zero-order valence-electron chi connectivity index (χ0n) is 19.1. The molecule has 1 fully saturated rings. The number of urea groups is 1. The molecule has 2 aliphatic heterocycles. The van der Waals surface area contributed by atoms with Crippen molar-refractivity contribution in [3.63, 3.8) is 0 Å².